The van der Waals surface area contributed by atoms with Gasteiger partial charge < -0.3 is 19.9 Å². The molecule has 0 amide bonds. The van der Waals surface area contributed by atoms with Crippen molar-refractivity contribution in [3.05, 3.63) is 24.3 Å². The Morgan fingerprint density at radius 3 is 2.58 bits per heavy atom. The van der Waals surface area contributed by atoms with Crippen LogP contribution in [0, 0.1) is 0 Å². The van der Waals surface area contributed by atoms with E-state index in [0.717, 1.165) is 12.8 Å². The van der Waals surface area contributed by atoms with Crippen LogP contribution in [0.2, 0.25) is 0 Å². The molecule has 0 heterocycles. The lowest BCUT2D eigenvalue weighted by Crippen LogP contribution is -2.17. The highest BCUT2D eigenvalue weighted by Crippen LogP contribution is 2.12. The van der Waals surface area contributed by atoms with E-state index >= 15 is 0 Å². The summed E-state index contributed by atoms with van der Waals surface area (Å²) in [6, 6.07) is 6.83. The second-order valence-corrected chi connectivity index (χ2v) is 4.04. The smallest absolute Gasteiger partial charge is 0.344 e. The number of hydrogen-bond acceptors (Lipinski definition) is 5. The summed E-state index contributed by atoms with van der Waals surface area (Å²) < 4.78 is 15.5. The van der Waals surface area contributed by atoms with Gasteiger partial charge in [0.25, 0.3) is 0 Å². The maximum absolute atomic E-state index is 11.3. The van der Waals surface area contributed by atoms with Gasteiger partial charge in [-0.1, -0.05) is 13.3 Å². The molecule has 0 saturated heterocycles. The summed E-state index contributed by atoms with van der Waals surface area (Å²) in [4.78, 5) is 11.3. The number of unbranched alkanes of at least 4 members (excludes halogenated alkanes) is 1. The van der Waals surface area contributed by atoms with Crippen molar-refractivity contribution in [2.24, 2.45) is 0 Å². The predicted molar refractivity (Wildman–Crippen MR) is 73.0 cm³/mol. The van der Waals surface area contributed by atoms with Gasteiger partial charge in [-0.25, -0.2) is 4.79 Å². The Morgan fingerprint density at radius 2 is 1.89 bits per heavy atom. The highest BCUT2D eigenvalue weighted by molar-refractivity contribution is 5.71. The summed E-state index contributed by atoms with van der Waals surface area (Å²) in [7, 11) is 0. The summed E-state index contributed by atoms with van der Waals surface area (Å²) in [6.45, 7) is 3.37. The van der Waals surface area contributed by atoms with Crippen LogP contribution in [0.25, 0.3) is 0 Å². The third-order valence-electron chi connectivity index (χ3n) is 2.37. The van der Waals surface area contributed by atoms with Crippen LogP contribution >= 0.6 is 0 Å². The van der Waals surface area contributed by atoms with Gasteiger partial charge in [0, 0.05) is 12.3 Å². The SMILES string of the molecule is CCCCOCCOC(=O)COc1ccc(N)cc1. The molecule has 1 aromatic carbocycles. The molecule has 0 fully saturated rings. The third kappa shape index (κ3) is 7.31. The lowest BCUT2D eigenvalue weighted by atomic mass is 10.3. The van der Waals surface area contributed by atoms with E-state index in [-0.39, 0.29) is 13.2 Å². The number of rotatable bonds is 9. The van der Waals surface area contributed by atoms with E-state index in [9.17, 15) is 4.79 Å². The fraction of sp³-hybridized carbons (Fsp3) is 0.500. The Balaban J connectivity index is 2.06. The zero-order valence-electron chi connectivity index (χ0n) is 11.3. The standard InChI is InChI=1S/C14H21NO4/c1-2-3-8-17-9-10-18-14(16)11-19-13-6-4-12(15)5-7-13/h4-7H,2-3,8-11,15H2,1H3. The van der Waals surface area contributed by atoms with Gasteiger partial charge in [0.2, 0.25) is 0 Å². The quantitative estimate of drug-likeness (QED) is 0.421. The van der Waals surface area contributed by atoms with E-state index in [0.29, 0.717) is 24.7 Å². The second-order valence-electron chi connectivity index (χ2n) is 4.04. The maximum atomic E-state index is 11.3. The van der Waals surface area contributed by atoms with Crippen molar-refractivity contribution in [3.63, 3.8) is 0 Å². The minimum Gasteiger partial charge on any atom is -0.482 e. The molecule has 0 radical (unpaired) electrons. The molecule has 1 aromatic rings. The van der Waals surface area contributed by atoms with Crippen molar-refractivity contribution in [2.75, 3.05) is 32.2 Å². The summed E-state index contributed by atoms with van der Waals surface area (Å²) in [6.07, 6.45) is 2.11. The molecular formula is C14H21NO4. The summed E-state index contributed by atoms with van der Waals surface area (Å²) in [5, 5.41) is 0. The van der Waals surface area contributed by atoms with E-state index in [2.05, 4.69) is 6.92 Å². The molecule has 0 atom stereocenters. The second kappa shape index (κ2) is 9.22. The fourth-order valence-corrected chi connectivity index (χ4v) is 1.31. The highest BCUT2D eigenvalue weighted by Gasteiger charge is 2.04. The molecule has 0 saturated carbocycles. The van der Waals surface area contributed by atoms with Gasteiger partial charge in [-0.05, 0) is 30.7 Å². The fourth-order valence-electron chi connectivity index (χ4n) is 1.31. The van der Waals surface area contributed by atoms with Gasteiger partial charge in [0.05, 0.1) is 6.61 Å². The molecule has 106 valence electrons. The van der Waals surface area contributed by atoms with Crippen LogP contribution in [0.4, 0.5) is 5.69 Å². The maximum Gasteiger partial charge on any atom is 0.344 e. The van der Waals surface area contributed by atoms with Gasteiger partial charge in [-0.2, -0.15) is 0 Å². The van der Waals surface area contributed by atoms with E-state index in [1.54, 1.807) is 24.3 Å². The lowest BCUT2D eigenvalue weighted by molar-refractivity contribution is -0.147. The van der Waals surface area contributed by atoms with Crippen molar-refractivity contribution in [1.29, 1.82) is 0 Å². The molecule has 0 aliphatic carbocycles. The van der Waals surface area contributed by atoms with Crippen molar-refractivity contribution in [1.82, 2.24) is 0 Å². The van der Waals surface area contributed by atoms with Crippen LogP contribution in [-0.4, -0.2) is 32.4 Å². The van der Waals surface area contributed by atoms with Gasteiger partial charge in [0.15, 0.2) is 6.61 Å². The number of anilines is 1. The monoisotopic (exact) mass is 267 g/mol. The van der Waals surface area contributed by atoms with Crippen LogP contribution in [-0.2, 0) is 14.3 Å². The van der Waals surface area contributed by atoms with Gasteiger partial charge in [0.1, 0.15) is 12.4 Å². The Hall–Kier alpha value is -1.75. The first-order valence-electron chi connectivity index (χ1n) is 6.44. The highest BCUT2D eigenvalue weighted by atomic mass is 16.6. The topological polar surface area (TPSA) is 70.8 Å². The number of hydrogen-bond donors (Lipinski definition) is 1. The third-order valence-corrected chi connectivity index (χ3v) is 2.37. The van der Waals surface area contributed by atoms with Crippen LogP contribution in [0.1, 0.15) is 19.8 Å². The molecule has 5 heteroatoms. The van der Waals surface area contributed by atoms with Crippen molar-refractivity contribution >= 4 is 11.7 Å². The number of nitrogens with two attached hydrogens (primary N) is 1. The molecule has 0 unspecified atom stereocenters. The summed E-state index contributed by atoms with van der Waals surface area (Å²) in [5.74, 6) is 0.182. The number of ether oxygens (including phenoxy) is 3. The number of nitrogen functional groups attached to an aromatic ring is 1. The molecule has 0 spiro atoms. The van der Waals surface area contributed by atoms with E-state index in [1.807, 2.05) is 0 Å². The molecule has 0 aliphatic rings. The minimum atomic E-state index is -0.407. The zero-order valence-corrected chi connectivity index (χ0v) is 11.3. The Kier molecular flexibility index (Phi) is 7.43. The number of carbonyl (C=O) groups excluding carboxylic acids is 1. The van der Waals surface area contributed by atoms with Crippen molar-refractivity contribution < 1.29 is 19.0 Å². The van der Waals surface area contributed by atoms with Gasteiger partial charge in [-0.15, -0.1) is 0 Å². The number of benzene rings is 1. The molecule has 1 rings (SSSR count). The lowest BCUT2D eigenvalue weighted by Gasteiger charge is -2.07. The first-order valence-corrected chi connectivity index (χ1v) is 6.44. The summed E-state index contributed by atoms with van der Waals surface area (Å²) >= 11 is 0. The molecule has 5 nitrogen and oxygen atoms in total. The normalized spacial score (nSPS) is 10.2. The van der Waals surface area contributed by atoms with Gasteiger partial charge in [-0.3, -0.25) is 0 Å². The molecule has 0 aliphatic heterocycles. The predicted octanol–water partition coefficient (Wildman–Crippen LogP) is 2.01. The average Bonchev–Trinajstić information content (AvgIpc) is 2.42. The molecule has 19 heavy (non-hydrogen) atoms. The van der Waals surface area contributed by atoms with E-state index in [4.69, 9.17) is 19.9 Å². The number of carbonyl (C=O) groups is 1. The molecule has 0 aromatic heterocycles. The van der Waals surface area contributed by atoms with Crippen LogP contribution in [0.15, 0.2) is 24.3 Å². The molecule has 0 bridgehead atoms. The van der Waals surface area contributed by atoms with Crippen molar-refractivity contribution in [2.45, 2.75) is 19.8 Å². The molecule has 2 N–H and O–H groups in total. The first-order chi connectivity index (χ1) is 9.22. The Labute approximate surface area is 113 Å². The minimum absolute atomic E-state index is 0.112. The Bertz CT molecular complexity index is 364. The zero-order chi connectivity index (χ0) is 13.9. The van der Waals surface area contributed by atoms with Crippen LogP contribution < -0.4 is 10.5 Å². The largest absolute Gasteiger partial charge is 0.482 e. The van der Waals surface area contributed by atoms with Gasteiger partial charge >= 0.3 is 5.97 Å². The molecular weight excluding hydrogens is 246 g/mol. The van der Waals surface area contributed by atoms with Crippen LogP contribution in [0.5, 0.6) is 5.75 Å². The first kappa shape index (κ1) is 15.3. The average molecular weight is 267 g/mol. The van der Waals surface area contributed by atoms with E-state index < -0.39 is 5.97 Å². The summed E-state index contributed by atoms with van der Waals surface area (Å²) in [5.41, 5.74) is 6.19. The van der Waals surface area contributed by atoms with Crippen LogP contribution in [0.3, 0.4) is 0 Å². The van der Waals surface area contributed by atoms with E-state index in [1.165, 1.54) is 0 Å². The number of esters is 1. The Morgan fingerprint density at radius 1 is 1.16 bits per heavy atom. The van der Waals surface area contributed by atoms with Crippen molar-refractivity contribution in [3.8, 4) is 5.75 Å².